The summed E-state index contributed by atoms with van der Waals surface area (Å²) in [4.78, 5) is 10.4. The van der Waals surface area contributed by atoms with Crippen molar-refractivity contribution in [2.24, 2.45) is 0 Å². The Balaban J connectivity index is 0.000000457. The van der Waals surface area contributed by atoms with Crippen molar-refractivity contribution in [1.82, 2.24) is 0 Å². The predicted octanol–water partition coefficient (Wildman–Crippen LogP) is 0.983. The fourth-order valence-corrected chi connectivity index (χ4v) is 2.70. The van der Waals surface area contributed by atoms with Crippen molar-refractivity contribution in [3.05, 3.63) is 66.2 Å². The minimum Gasteiger partial charge on any atom is -1.00 e. The topological polar surface area (TPSA) is 54.0 Å². The van der Waals surface area contributed by atoms with Gasteiger partial charge in [0.25, 0.3) is 0 Å². The number of benzene rings is 2. The summed E-state index contributed by atoms with van der Waals surface area (Å²) in [7, 11) is 3.33. The first kappa shape index (κ1) is 29.6. The van der Waals surface area contributed by atoms with Crippen LogP contribution in [0.4, 0.5) is 0 Å². The van der Waals surface area contributed by atoms with Crippen LogP contribution in [-0.4, -0.2) is 69.5 Å². The zero-order chi connectivity index (χ0) is 20.7. The van der Waals surface area contributed by atoms with E-state index >= 15 is 0 Å². The molecule has 0 radical (unpaired) electrons. The number of rotatable bonds is 3. The van der Waals surface area contributed by atoms with Crippen LogP contribution >= 0.6 is 0 Å². The number of hydrogen-bond donors (Lipinski definition) is 0. The van der Waals surface area contributed by atoms with Gasteiger partial charge in [-0.3, -0.25) is 4.79 Å². The van der Waals surface area contributed by atoms with E-state index in [4.69, 9.17) is 18.9 Å². The van der Waals surface area contributed by atoms with Crippen LogP contribution in [0.25, 0.3) is 5.57 Å². The average molecular weight is 502 g/mol. The summed E-state index contributed by atoms with van der Waals surface area (Å²) in [6.07, 6.45) is 4.40. The van der Waals surface area contributed by atoms with E-state index in [0.717, 1.165) is 31.1 Å². The number of methoxy groups -OCH3 is 2. The van der Waals surface area contributed by atoms with E-state index in [-0.39, 0.29) is 40.0 Å². The molecule has 0 N–H and O–H groups in total. The Morgan fingerprint density at radius 3 is 1.77 bits per heavy atom. The van der Waals surface area contributed by atoms with Crippen molar-refractivity contribution in [3.63, 3.8) is 0 Å². The third-order valence-corrected chi connectivity index (χ3v) is 4.40. The normalized spacial score (nSPS) is 14.6. The van der Waals surface area contributed by atoms with Gasteiger partial charge in [0.05, 0.1) is 40.6 Å². The molecule has 0 unspecified atom stereocenters. The Morgan fingerprint density at radius 2 is 1.35 bits per heavy atom. The average Bonchev–Trinajstić information content (AvgIpc) is 2.81. The minimum absolute atomic E-state index is 0. The van der Waals surface area contributed by atoms with Crippen molar-refractivity contribution in [2.75, 3.05) is 40.6 Å². The standard InChI is InChI=1S/C12H14O2.C7H7O.C5H8O2.BrH.Mg/c1-13-12-4-2-10(3-5-12)11-6-8-14-9-7-11;1-8-7-5-3-2-4-6-7;6-5-1-3-7-4-2-5;;/h2-6H,7-9H2,1H3;3-6H,1H3;1-4H2;1H;/q;-1;;;+2/p-1. The molecule has 5 nitrogen and oxygen atoms in total. The van der Waals surface area contributed by atoms with E-state index in [9.17, 15) is 4.79 Å². The van der Waals surface area contributed by atoms with Crippen LogP contribution in [0, 0.1) is 6.07 Å². The monoisotopic (exact) mass is 500 g/mol. The number of ketones is 1. The van der Waals surface area contributed by atoms with Crippen molar-refractivity contribution in [3.8, 4) is 11.5 Å². The molecular weight excluding hydrogens is 472 g/mol. The van der Waals surface area contributed by atoms with Gasteiger partial charge in [0.1, 0.15) is 11.5 Å². The molecule has 7 heteroatoms. The quantitative estimate of drug-likeness (QED) is 0.464. The van der Waals surface area contributed by atoms with Crippen LogP contribution in [0.1, 0.15) is 24.8 Å². The number of ether oxygens (including phenoxy) is 4. The Bertz CT molecular complexity index is 742. The molecule has 0 atom stereocenters. The van der Waals surface area contributed by atoms with E-state index < -0.39 is 0 Å². The van der Waals surface area contributed by atoms with E-state index in [1.165, 1.54) is 11.1 Å². The van der Waals surface area contributed by atoms with E-state index in [2.05, 4.69) is 24.3 Å². The summed E-state index contributed by atoms with van der Waals surface area (Å²) in [5.41, 5.74) is 2.65. The SMILES string of the molecule is COc1cc[c-]cc1.COc1ccc(C2=CCOCC2)cc1.O=C1CCOCC1.[Br-].[Mg+2]. The Kier molecular flexibility index (Phi) is 17.4. The molecule has 1 saturated heterocycles. The molecule has 0 saturated carbocycles. The molecule has 1 fully saturated rings. The Hall–Kier alpha value is -1.38. The molecular formula is C24H29BrMgO5. The number of carbonyl (C=O) groups excluding carboxylic acids is 1. The zero-order valence-corrected chi connectivity index (χ0v) is 21.3. The molecule has 4 rings (SSSR count). The molecule has 0 spiro atoms. The van der Waals surface area contributed by atoms with E-state index in [1.54, 1.807) is 14.2 Å². The van der Waals surface area contributed by atoms with Crippen molar-refractivity contribution in [2.45, 2.75) is 19.3 Å². The van der Waals surface area contributed by atoms with Crippen LogP contribution < -0.4 is 26.5 Å². The second-order valence-electron chi connectivity index (χ2n) is 6.37. The van der Waals surface area contributed by atoms with Crippen LogP contribution in [0.3, 0.4) is 0 Å². The first-order valence-corrected chi connectivity index (χ1v) is 9.73. The molecule has 2 heterocycles. The molecule has 2 aromatic rings. The number of hydrogen-bond acceptors (Lipinski definition) is 5. The molecule has 0 aromatic heterocycles. The van der Waals surface area contributed by atoms with Crippen LogP contribution in [0.2, 0.25) is 0 Å². The second kappa shape index (κ2) is 18.2. The molecule has 0 bridgehead atoms. The number of halogens is 1. The van der Waals surface area contributed by atoms with Crippen LogP contribution in [0.15, 0.2) is 54.6 Å². The summed E-state index contributed by atoms with van der Waals surface area (Å²) >= 11 is 0. The van der Waals surface area contributed by atoms with Gasteiger partial charge in [-0.15, -0.1) is 12.1 Å². The third kappa shape index (κ3) is 12.3. The largest absolute Gasteiger partial charge is 2.00 e. The second-order valence-corrected chi connectivity index (χ2v) is 6.37. The predicted molar refractivity (Wildman–Crippen MR) is 119 cm³/mol. The number of Topliss-reactive ketones (excluding diaryl/α,β-unsaturated/α-hetero) is 1. The van der Waals surface area contributed by atoms with Crippen molar-refractivity contribution >= 4 is 34.4 Å². The van der Waals surface area contributed by atoms with Crippen LogP contribution in [0.5, 0.6) is 11.5 Å². The molecule has 2 aliphatic rings. The Labute approximate surface area is 212 Å². The maximum Gasteiger partial charge on any atom is 2.00 e. The van der Waals surface area contributed by atoms with Gasteiger partial charge in [0, 0.05) is 18.6 Å². The first-order chi connectivity index (χ1) is 14.2. The molecule has 2 aromatic carbocycles. The van der Waals surface area contributed by atoms with Crippen molar-refractivity contribution < 1.29 is 40.7 Å². The van der Waals surface area contributed by atoms with Gasteiger partial charge in [0.15, 0.2) is 0 Å². The number of carbonyl (C=O) groups is 1. The summed E-state index contributed by atoms with van der Waals surface area (Å²) < 4.78 is 20.2. The third-order valence-electron chi connectivity index (χ3n) is 4.40. The molecule has 31 heavy (non-hydrogen) atoms. The molecule has 2 aliphatic heterocycles. The van der Waals surface area contributed by atoms with Crippen LogP contribution in [-0.2, 0) is 14.3 Å². The summed E-state index contributed by atoms with van der Waals surface area (Å²) in [5, 5.41) is 0. The Morgan fingerprint density at radius 1 is 0.806 bits per heavy atom. The fraction of sp³-hybridized carbons (Fsp3) is 0.375. The fourth-order valence-electron chi connectivity index (χ4n) is 2.70. The maximum absolute atomic E-state index is 10.4. The summed E-state index contributed by atoms with van der Waals surface area (Å²) in [5.74, 6) is 2.12. The van der Waals surface area contributed by atoms with Gasteiger partial charge in [-0.2, -0.15) is 18.2 Å². The van der Waals surface area contributed by atoms with Gasteiger partial charge in [-0.25, -0.2) is 0 Å². The zero-order valence-electron chi connectivity index (χ0n) is 18.3. The van der Waals surface area contributed by atoms with Gasteiger partial charge in [0.2, 0.25) is 0 Å². The van der Waals surface area contributed by atoms with Gasteiger partial charge >= 0.3 is 23.1 Å². The molecule has 0 amide bonds. The minimum atomic E-state index is 0. The van der Waals surface area contributed by atoms with Gasteiger partial charge in [-0.1, -0.05) is 18.2 Å². The smallest absolute Gasteiger partial charge is 1.00 e. The summed E-state index contributed by atoms with van der Waals surface area (Å²) in [6, 6.07) is 18.4. The van der Waals surface area contributed by atoms with E-state index in [0.29, 0.717) is 31.8 Å². The molecule has 0 aliphatic carbocycles. The summed E-state index contributed by atoms with van der Waals surface area (Å²) in [6.45, 7) is 2.84. The molecule has 164 valence electrons. The van der Waals surface area contributed by atoms with Crippen molar-refractivity contribution in [1.29, 1.82) is 0 Å². The van der Waals surface area contributed by atoms with E-state index in [1.807, 2.05) is 36.4 Å². The first-order valence-electron chi connectivity index (χ1n) is 9.73. The maximum atomic E-state index is 10.4. The van der Waals surface area contributed by atoms with Gasteiger partial charge in [-0.05, 0) is 29.7 Å². The van der Waals surface area contributed by atoms with Gasteiger partial charge < -0.3 is 35.9 Å².